The van der Waals surface area contributed by atoms with Crippen LogP contribution in [0.25, 0.3) is 22.1 Å². The molecule has 8 aromatic rings. The minimum Gasteiger partial charge on any atom is -0.358 e. The molecule has 316 valence electrons. The van der Waals surface area contributed by atoms with E-state index in [0.29, 0.717) is 23.2 Å². The zero-order valence-corrected chi connectivity index (χ0v) is 40.0. The first kappa shape index (κ1) is 45.9. The molecule has 3 N–H and O–H groups in total. The Morgan fingerprint density at radius 2 is 1.25 bits per heavy atom. The van der Waals surface area contributed by atoms with Crippen molar-refractivity contribution in [1.29, 1.82) is 0 Å². The van der Waals surface area contributed by atoms with Crippen molar-refractivity contribution in [3.8, 4) is 0 Å². The molecule has 0 aliphatic carbocycles. The number of nitrogens with zero attached hydrogens (tertiary/aromatic N) is 5. The van der Waals surface area contributed by atoms with Crippen molar-refractivity contribution in [1.82, 2.24) is 29.2 Å². The highest BCUT2D eigenvalue weighted by molar-refractivity contribution is 9.10. The van der Waals surface area contributed by atoms with Gasteiger partial charge in [-0.3, -0.25) is 4.98 Å². The highest BCUT2D eigenvalue weighted by Gasteiger charge is 2.46. The van der Waals surface area contributed by atoms with Crippen molar-refractivity contribution < 1.29 is 0 Å². The summed E-state index contributed by atoms with van der Waals surface area (Å²) in [4.78, 5) is 21.4. The van der Waals surface area contributed by atoms with E-state index in [4.69, 9.17) is 33.9 Å². The van der Waals surface area contributed by atoms with Gasteiger partial charge in [0.15, 0.2) is 8.24 Å². The fraction of sp³-hybridized carbons (Fsp3) is 0.280. The molecule has 0 fully saturated rings. The molecule has 0 aliphatic heterocycles. The number of hydrogen-bond donors (Lipinski definition) is 2. The number of H-pyrrole nitrogens is 1. The van der Waals surface area contributed by atoms with Crippen LogP contribution in [-0.4, -0.2) is 37.4 Å². The summed E-state index contributed by atoms with van der Waals surface area (Å²) in [5.41, 5.74) is 17.8. The van der Waals surface area contributed by atoms with Gasteiger partial charge in [0.1, 0.15) is 15.9 Å². The van der Waals surface area contributed by atoms with Crippen molar-refractivity contribution in [2.75, 3.05) is 0 Å². The van der Waals surface area contributed by atoms with Gasteiger partial charge in [0, 0.05) is 83.1 Å². The predicted molar refractivity (Wildman–Crippen MR) is 262 cm³/mol. The van der Waals surface area contributed by atoms with Gasteiger partial charge in [-0.2, -0.15) is 0 Å². The van der Waals surface area contributed by atoms with Gasteiger partial charge in [-0.15, -0.1) is 0 Å². The molecule has 0 saturated heterocycles. The standard InChI is InChI=1S/C22H30BrN3Si.C21H18ClN3.C7H8ClN/c1-15(2)27(16(3)4,17(5)6)26-14-19(20-8-7-11-24-22(20)26)12-18-9-10-21(23)25-13-18;22-18-4-1-3-15(12-18)6-8-19-9-7-16(13-24-19)11-17-14-25-21-20(17)5-2-10-23-21;8-7-3-1-2-6(4-7)5-9/h7-11,13-17H,12H2,1-6H3;1-5,7,9-10,12-14H,6,8,11H2,(H,23,25);1-4H,5,9H2. The van der Waals surface area contributed by atoms with Crippen molar-refractivity contribution >= 4 is 69.4 Å². The van der Waals surface area contributed by atoms with Crippen LogP contribution in [0, 0.1) is 0 Å². The number of fused-ring (bicyclic) bond motifs is 2. The highest BCUT2D eigenvalue weighted by Crippen LogP contribution is 2.44. The van der Waals surface area contributed by atoms with Gasteiger partial charge in [0.2, 0.25) is 0 Å². The predicted octanol–water partition coefficient (Wildman–Crippen LogP) is 13.6. The Morgan fingerprint density at radius 1 is 0.639 bits per heavy atom. The Kier molecular flexibility index (Phi) is 16.1. The number of halogens is 3. The van der Waals surface area contributed by atoms with E-state index in [-0.39, 0.29) is 0 Å². The van der Waals surface area contributed by atoms with Gasteiger partial charge in [0.25, 0.3) is 0 Å². The van der Waals surface area contributed by atoms with E-state index in [1.807, 2.05) is 79.4 Å². The summed E-state index contributed by atoms with van der Waals surface area (Å²) < 4.78 is 3.49. The second kappa shape index (κ2) is 21.4. The molecular weight excluding hydrogens is 877 g/mol. The molecule has 0 saturated carbocycles. The van der Waals surface area contributed by atoms with Crippen LogP contribution >= 0.6 is 39.1 Å². The lowest BCUT2D eigenvalue weighted by Gasteiger charge is -2.44. The minimum atomic E-state index is -1.84. The van der Waals surface area contributed by atoms with Crippen molar-refractivity contribution in [2.45, 2.75) is 90.4 Å². The van der Waals surface area contributed by atoms with Gasteiger partial charge in [-0.05, 0) is 139 Å². The highest BCUT2D eigenvalue weighted by atomic mass is 79.9. The number of rotatable bonds is 12. The molecule has 61 heavy (non-hydrogen) atoms. The Bertz CT molecular complexity index is 2600. The smallest absolute Gasteiger partial charge is 0.171 e. The van der Waals surface area contributed by atoms with Crippen molar-refractivity contribution in [3.63, 3.8) is 0 Å². The molecular formula is C50H56BrCl2N7Si. The molecule has 2 aromatic carbocycles. The lowest BCUT2D eigenvalue weighted by molar-refractivity contribution is 0.769. The molecule has 7 nitrogen and oxygen atoms in total. The molecule has 6 aromatic heterocycles. The topological polar surface area (TPSA) is 98.3 Å². The summed E-state index contributed by atoms with van der Waals surface area (Å²) in [6.45, 7) is 15.0. The van der Waals surface area contributed by atoms with Crippen LogP contribution in [0.2, 0.25) is 26.7 Å². The quantitative estimate of drug-likeness (QED) is 0.0939. The SMILES string of the molecule is CC(C)[Si](C(C)C)(C(C)C)n1cc(Cc2ccc(Br)nc2)c2cccnc21.Clc1cccc(CCc2ccc(Cc3c[nH]c4ncccc34)cn2)c1.NCc1cccc(Cl)c1. The van der Waals surface area contributed by atoms with Crippen LogP contribution < -0.4 is 5.73 Å². The normalized spacial score (nSPS) is 11.6. The largest absolute Gasteiger partial charge is 0.358 e. The number of nitrogens with one attached hydrogen (secondary N) is 1. The van der Waals surface area contributed by atoms with E-state index in [0.717, 1.165) is 62.9 Å². The van der Waals surface area contributed by atoms with E-state index in [2.05, 4.69) is 130 Å². The molecule has 0 bridgehead atoms. The summed E-state index contributed by atoms with van der Waals surface area (Å²) >= 11 is 15.1. The monoisotopic (exact) mass is 931 g/mol. The van der Waals surface area contributed by atoms with Gasteiger partial charge >= 0.3 is 0 Å². The summed E-state index contributed by atoms with van der Waals surface area (Å²) in [5, 5.41) is 3.98. The zero-order chi connectivity index (χ0) is 43.5. The number of benzene rings is 2. The van der Waals surface area contributed by atoms with E-state index >= 15 is 0 Å². The fourth-order valence-electron chi connectivity index (χ4n) is 8.84. The number of aromatic amines is 1. The van der Waals surface area contributed by atoms with Gasteiger partial charge in [-0.1, -0.05) is 101 Å². The number of aromatic nitrogens is 6. The van der Waals surface area contributed by atoms with Gasteiger partial charge in [-0.25, -0.2) is 15.0 Å². The minimum absolute atomic E-state index is 0.556. The maximum absolute atomic E-state index is 6.03. The maximum Gasteiger partial charge on any atom is 0.171 e. The third-order valence-electron chi connectivity index (χ3n) is 11.5. The Balaban J connectivity index is 0.000000170. The first-order valence-corrected chi connectivity index (χ1v) is 24.7. The third-order valence-corrected chi connectivity index (χ3v) is 19.2. The Morgan fingerprint density at radius 3 is 1.84 bits per heavy atom. The summed E-state index contributed by atoms with van der Waals surface area (Å²) in [6, 6.07) is 32.3. The van der Waals surface area contributed by atoms with Crippen molar-refractivity contribution in [2.24, 2.45) is 5.73 Å². The molecule has 0 amide bonds. The lowest BCUT2D eigenvalue weighted by atomic mass is 10.0. The van der Waals surface area contributed by atoms with E-state index < -0.39 is 8.24 Å². The van der Waals surface area contributed by atoms with Crippen LogP contribution in [0.3, 0.4) is 0 Å². The van der Waals surface area contributed by atoms with E-state index in [1.165, 1.54) is 38.6 Å². The maximum atomic E-state index is 6.03. The molecule has 0 aliphatic rings. The molecule has 0 spiro atoms. The molecule has 0 atom stereocenters. The van der Waals surface area contributed by atoms with Gasteiger partial charge < -0.3 is 15.0 Å². The van der Waals surface area contributed by atoms with Crippen LogP contribution in [0.4, 0.5) is 0 Å². The second-order valence-electron chi connectivity index (χ2n) is 16.4. The van der Waals surface area contributed by atoms with Crippen LogP contribution in [0.5, 0.6) is 0 Å². The van der Waals surface area contributed by atoms with Crippen molar-refractivity contribution in [3.05, 3.63) is 188 Å². The van der Waals surface area contributed by atoms with Gasteiger partial charge in [0.05, 0.1) is 0 Å². The second-order valence-corrected chi connectivity index (χ2v) is 23.8. The summed E-state index contributed by atoms with van der Waals surface area (Å²) in [6.07, 6.45) is 15.7. The Hall–Kier alpha value is -4.64. The number of nitrogens with two attached hydrogens (primary N) is 1. The number of hydrogen-bond acceptors (Lipinski definition) is 5. The molecule has 0 radical (unpaired) electrons. The molecule has 8 rings (SSSR count). The Labute approximate surface area is 380 Å². The molecule has 6 heterocycles. The zero-order valence-electron chi connectivity index (χ0n) is 35.9. The fourth-order valence-corrected chi connectivity index (χ4v) is 16.1. The van der Waals surface area contributed by atoms with Crippen LogP contribution in [-0.2, 0) is 32.2 Å². The average molecular weight is 934 g/mol. The van der Waals surface area contributed by atoms with E-state index in [1.54, 1.807) is 6.20 Å². The summed E-state index contributed by atoms with van der Waals surface area (Å²) in [7, 11) is -1.84. The molecule has 11 heteroatoms. The van der Waals surface area contributed by atoms with Crippen LogP contribution in [0.15, 0.2) is 139 Å². The number of pyridine rings is 4. The van der Waals surface area contributed by atoms with Crippen LogP contribution in [0.1, 0.15) is 80.6 Å². The average Bonchev–Trinajstić information content (AvgIpc) is 3.83. The third kappa shape index (κ3) is 11.4. The summed E-state index contributed by atoms with van der Waals surface area (Å²) in [5.74, 6) is 0. The first-order chi connectivity index (χ1) is 29.4. The van der Waals surface area contributed by atoms with E-state index in [9.17, 15) is 0 Å². The lowest BCUT2D eigenvalue weighted by Crippen LogP contribution is -2.51. The number of aryl methyl sites for hydroxylation is 2. The first-order valence-electron chi connectivity index (χ1n) is 21.0. The molecule has 0 unspecified atom stereocenters.